The van der Waals surface area contributed by atoms with E-state index >= 15 is 0 Å². The Morgan fingerprint density at radius 2 is 0.760 bits per heavy atom. The van der Waals surface area contributed by atoms with Crippen LogP contribution >= 0.6 is 11.3 Å². The van der Waals surface area contributed by atoms with Crippen molar-refractivity contribution in [1.82, 2.24) is 0 Å². The molecule has 0 aliphatic heterocycles. The van der Waals surface area contributed by atoms with E-state index in [0.717, 1.165) is 27.5 Å². The predicted molar refractivity (Wildman–Crippen MR) is 213 cm³/mol. The molecule has 0 bridgehead atoms. The highest BCUT2D eigenvalue weighted by atomic mass is 32.1. The fraction of sp³-hybridized carbons (Fsp3) is 0. The fourth-order valence-corrected chi connectivity index (χ4v) is 9.21. The zero-order valence-corrected chi connectivity index (χ0v) is 27.8. The molecule has 0 saturated heterocycles. The number of para-hydroxylation sites is 2. The van der Waals surface area contributed by atoms with Crippen LogP contribution in [0.1, 0.15) is 0 Å². The molecule has 0 amide bonds. The molecule has 2 heterocycles. The number of furan rings is 1. The molecular formula is C48H28OS. The first-order valence-corrected chi connectivity index (χ1v) is 17.9. The van der Waals surface area contributed by atoms with Gasteiger partial charge in [-0.15, -0.1) is 11.3 Å². The van der Waals surface area contributed by atoms with Gasteiger partial charge in [-0.2, -0.15) is 0 Å². The molecule has 0 saturated carbocycles. The van der Waals surface area contributed by atoms with E-state index < -0.39 is 0 Å². The van der Waals surface area contributed by atoms with Crippen LogP contribution in [-0.4, -0.2) is 0 Å². The van der Waals surface area contributed by atoms with Crippen molar-refractivity contribution in [3.8, 4) is 66.8 Å². The second-order valence-electron chi connectivity index (χ2n) is 13.2. The topological polar surface area (TPSA) is 13.1 Å². The van der Waals surface area contributed by atoms with Gasteiger partial charge >= 0.3 is 0 Å². The molecule has 0 unspecified atom stereocenters. The maximum absolute atomic E-state index is 6.43. The van der Waals surface area contributed by atoms with E-state index in [1.807, 2.05) is 17.4 Å². The first kappa shape index (κ1) is 27.7. The Kier molecular flexibility index (Phi) is 5.89. The molecule has 1 nitrogen and oxygen atoms in total. The Bertz CT molecular complexity index is 2990. The second-order valence-corrected chi connectivity index (χ2v) is 14.3. The molecule has 11 rings (SSSR count). The summed E-state index contributed by atoms with van der Waals surface area (Å²) in [5, 5.41) is 4.87. The molecule has 232 valence electrons. The number of benzene rings is 8. The monoisotopic (exact) mass is 652 g/mol. The summed E-state index contributed by atoms with van der Waals surface area (Å²) < 4.78 is 9.02. The van der Waals surface area contributed by atoms with Gasteiger partial charge in [-0.05, 0) is 97.6 Å². The van der Waals surface area contributed by atoms with Crippen LogP contribution in [0, 0.1) is 0 Å². The molecule has 0 atom stereocenters. The van der Waals surface area contributed by atoms with Gasteiger partial charge in [-0.3, -0.25) is 0 Å². The van der Waals surface area contributed by atoms with Crippen LogP contribution in [0.2, 0.25) is 0 Å². The summed E-state index contributed by atoms with van der Waals surface area (Å²) in [6.07, 6.45) is 0. The number of hydrogen-bond acceptors (Lipinski definition) is 2. The maximum atomic E-state index is 6.43. The molecule has 0 radical (unpaired) electrons. The highest BCUT2D eigenvalue weighted by Crippen LogP contribution is 2.49. The van der Waals surface area contributed by atoms with Gasteiger partial charge < -0.3 is 4.42 Å². The van der Waals surface area contributed by atoms with E-state index in [0.29, 0.717) is 0 Å². The number of rotatable bonds is 2. The minimum absolute atomic E-state index is 0.924. The average molecular weight is 653 g/mol. The molecule has 2 heteroatoms. The van der Waals surface area contributed by atoms with Crippen LogP contribution in [0.25, 0.3) is 109 Å². The van der Waals surface area contributed by atoms with Crippen molar-refractivity contribution in [2.24, 2.45) is 0 Å². The smallest absolute Gasteiger partial charge is 0.143 e. The van der Waals surface area contributed by atoms with Crippen LogP contribution < -0.4 is 0 Å². The minimum Gasteiger partial charge on any atom is -0.455 e. The molecule has 0 N–H and O–H groups in total. The molecule has 2 aromatic heterocycles. The molecule has 50 heavy (non-hydrogen) atoms. The zero-order valence-electron chi connectivity index (χ0n) is 27.0. The lowest BCUT2D eigenvalue weighted by Crippen LogP contribution is -1.97. The van der Waals surface area contributed by atoms with Gasteiger partial charge in [-0.25, -0.2) is 0 Å². The summed E-state index contributed by atoms with van der Waals surface area (Å²) in [6.45, 7) is 0. The molecule has 10 aromatic rings. The Hall–Kier alpha value is -6.22. The van der Waals surface area contributed by atoms with E-state index in [-0.39, 0.29) is 0 Å². The van der Waals surface area contributed by atoms with Gasteiger partial charge in [0.2, 0.25) is 0 Å². The standard InChI is InChI=1S/C48H28OS/c1-2-11-34-33(10-1)35-12-3-4-14-37(35)39-23-20-29(26-42(39)38-15-6-5-13-36(34)38)30-21-24-46-43(27-30)44-28-31(22-25-47(44)50-46)32-17-9-18-41-40-16-7-8-19-45(40)49-48(32)41/h1-28H. The number of hydrogen-bond donors (Lipinski definition) is 0. The summed E-state index contributed by atoms with van der Waals surface area (Å²) >= 11 is 1.86. The van der Waals surface area contributed by atoms with E-state index in [9.17, 15) is 0 Å². The van der Waals surface area contributed by atoms with Crippen LogP contribution in [-0.2, 0) is 0 Å². The quantitative estimate of drug-likeness (QED) is 0.181. The third-order valence-corrected chi connectivity index (χ3v) is 11.6. The Balaban J connectivity index is 1.09. The van der Waals surface area contributed by atoms with E-state index in [1.165, 1.54) is 81.4 Å². The SMILES string of the molecule is c1ccc2c(c1)-c1ccccc1-c1ccc(-c3ccc4sc5ccc(-c6cccc7c6oc6ccccc67)cc5c4c3)cc1-c1ccccc1-2. The molecule has 0 fully saturated rings. The molecule has 1 aliphatic rings. The van der Waals surface area contributed by atoms with Gasteiger partial charge in [0.05, 0.1) is 0 Å². The average Bonchev–Trinajstić information content (AvgIpc) is 3.75. The molecule has 1 aliphatic carbocycles. The highest BCUT2D eigenvalue weighted by Gasteiger charge is 2.22. The fourth-order valence-electron chi connectivity index (χ4n) is 8.14. The molecular weight excluding hydrogens is 625 g/mol. The third-order valence-electron chi connectivity index (χ3n) is 10.5. The summed E-state index contributed by atoms with van der Waals surface area (Å²) in [6, 6.07) is 62.2. The van der Waals surface area contributed by atoms with Crippen LogP contribution in [0.5, 0.6) is 0 Å². The Morgan fingerprint density at radius 1 is 0.300 bits per heavy atom. The van der Waals surface area contributed by atoms with Crippen molar-refractivity contribution in [3.63, 3.8) is 0 Å². The van der Waals surface area contributed by atoms with Crippen LogP contribution in [0.15, 0.2) is 174 Å². The largest absolute Gasteiger partial charge is 0.455 e. The van der Waals surface area contributed by atoms with Gasteiger partial charge in [0.1, 0.15) is 11.2 Å². The lowest BCUT2D eigenvalue weighted by Gasteiger charge is -2.23. The lowest BCUT2D eigenvalue weighted by molar-refractivity contribution is 0.670. The van der Waals surface area contributed by atoms with Crippen molar-refractivity contribution in [3.05, 3.63) is 170 Å². The summed E-state index contributed by atoms with van der Waals surface area (Å²) in [4.78, 5) is 0. The summed E-state index contributed by atoms with van der Waals surface area (Å²) in [5.41, 5.74) is 16.7. The normalized spacial score (nSPS) is 12.0. The van der Waals surface area contributed by atoms with Gasteiger partial charge in [0.15, 0.2) is 0 Å². The molecule has 8 aromatic carbocycles. The van der Waals surface area contributed by atoms with Crippen LogP contribution in [0.4, 0.5) is 0 Å². The van der Waals surface area contributed by atoms with Crippen molar-refractivity contribution in [2.45, 2.75) is 0 Å². The summed E-state index contributed by atoms with van der Waals surface area (Å²) in [5.74, 6) is 0. The first-order chi connectivity index (χ1) is 24.8. The van der Waals surface area contributed by atoms with Crippen molar-refractivity contribution >= 4 is 53.4 Å². The Morgan fingerprint density at radius 3 is 1.42 bits per heavy atom. The highest BCUT2D eigenvalue weighted by molar-refractivity contribution is 7.25. The lowest BCUT2D eigenvalue weighted by atomic mass is 9.80. The Labute approximate surface area is 293 Å². The zero-order chi connectivity index (χ0) is 32.8. The first-order valence-electron chi connectivity index (χ1n) is 17.1. The number of fused-ring (bicyclic) bond motifs is 14. The van der Waals surface area contributed by atoms with E-state index in [2.05, 4.69) is 164 Å². The second kappa shape index (κ2) is 10.6. The maximum Gasteiger partial charge on any atom is 0.143 e. The molecule has 0 spiro atoms. The van der Waals surface area contributed by atoms with Crippen LogP contribution in [0.3, 0.4) is 0 Å². The predicted octanol–water partition coefficient (Wildman–Crippen LogP) is 14.3. The van der Waals surface area contributed by atoms with Gasteiger partial charge in [0, 0.05) is 36.5 Å². The summed E-state index contributed by atoms with van der Waals surface area (Å²) in [7, 11) is 0. The minimum atomic E-state index is 0.924. The number of thiophene rings is 1. The van der Waals surface area contributed by atoms with Crippen molar-refractivity contribution in [1.29, 1.82) is 0 Å². The van der Waals surface area contributed by atoms with Crippen molar-refractivity contribution in [2.75, 3.05) is 0 Å². The van der Waals surface area contributed by atoms with Gasteiger partial charge in [0.25, 0.3) is 0 Å². The van der Waals surface area contributed by atoms with E-state index in [4.69, 9.17) is 4.42 Å². The third kappa shape index (κ3) is 4.06. The van der Waals surface area contributed by atoms with Crippen molar-refractivity contribution < 1.29 is 4.42 Å². The van der Waals surface area contributed by atoms with E-state index in [1.54, 1.807) is 0 Å². The van der Waals surface area contributed by atoms with Gasteiger partial charge in [-0.1, -0.05) is 133 Å².